The first-order valence-electron chi connectivity index (χ1n) is 9.99. The van der Waals surface area contributed by atoms with Gasteiger partial charge in [0.15, 0.2) is 11.5 Å². The van der Waals surface area contributed by atoms with E-state index in [1.165, 1.54) is 4.90 Å². The second-order valence-corrected chi connectivity index (χ2v) is 7.39. The van der Waals surface area contributed by atoms with Crippen molar-refractivity contribution < 1.29 is 28.9 Å². The third kappa shape index (κ3) is 6.00. The minimum absolute atomic E-state index is 0.0607. The summed E-state index contributed by atoms with van der Waals surface area (Å²) in [4.78, 5) is 27.9. The Balaban J connectivity index is 2.21. The van der Waals surface area contributed by atoms with Gasteiger partial charge in [0, 0.05) is 44.8 Å². The van der Waals surface area contributed by atoms with Gasteiger partial charge in [0.05, 0.1) is 19.8 Å². The highest BCUT2D eigenvalue weighted by molar-refractivity contribution is 5.95. The number of methoxy groups -OCH3 is 2. The number of likely N-dealkylation sites (tertiary alicyclic amines) is 1. The van der Waals surface area contributed by atoms with Crippen molar-refractivity contribution in [3.05, 3.63) is 23.8 Å². The second-order valence-electron chi connectivity index (χ2n) is 7.39. The van der Waals surface area contributed by atoms with E-state index < -0.39 is 6.09 Å². The average molecular weight is 408 g/mol. The topological polar surface area (TPSA) is 88.5 Å². The molecule has 162 valence electrons. The molecule has 8 heteroatoms. The zero-order valence-corrected chi connectivity index (χ0v) is 17.7. The maximum absolute atomic E-state index is 13.3. The quantitative estimate of drug-likeness (QED) is 0.632. The van der Waals surface area contributed by atoms with Crippen LogP contribution in [0.3, 0.4) is 0 Å². The third-order valence-corrected chi connectivity index (χ3v) is 5.01. The number of amides is 2. The molecule has 2 amide bonds. The predicted octanol–water partition coefficient (Wildman–Crippen LogP) is 3.10. The minimum Gasteiger partial charge on any atom is -0.493 e. The molecule has 1 heterocycles. The maximum Gasteiger partial charge on any atom is 0.407 e. The summed E-state index contributed by atoms with van der Waals surface area (Å²) >= 11 is 0. The van der Waals surface area contributed by atoms with Crippen LogP contribution in [0.5, 0.6) is 11.5 Å². The number of nitrogens with zero attached hydrogens (tertiary/aromatic N) is 2. The largest absolute Gasteiger partial charge is 0.493 e. The Morgan fingerprint density at radius 1 is 1.24 bits per heavy atom. The van der Waals surface area contributed by atoms with E-state index in [1.54, 1.807) is 37.3 Å². The van der Waals surface area contributed by atoms with Crippen molar-refractivity contribution in [2.24, 2.45) is 0 Å². The molecule has 8 nitrogen and oxygen atoms in total. The number of carbonyl (C=O) groups is 2. The normalized spacial score (nSPS) is 16.6. The van der Waals surface area contributed by atoms with Crippen LogP contribution in [0, 0.1) is 0 Å². The molecule has 0 bridgehead atoms. The van der Waals surface area contributed by atoms with Crippen molar-refractivity contribution >= 4 is 12.0 Å². The molecule has 1 N–H and O–H groups in total. The van der Waals surface area contributed by atoms with Gasteiger partial charge in [-0.15, -0.1) is 0 Å². The van der Waals surface area contributed by atoms with E-state index in [0.717, 1.165) is 19.3 Å². The van der Waals surface area contributed by atoms with Gasteiger partial charge in [-0.3, -0.25) is 4.79 Å². The average Bonchev–Trinajstić information content (AvgIpc) is 2.71. The predicted molar refractivity (Wildman–Crippen MR) is 109 cm³/mol. The van der Waals surface area contributed by atoms with Gasteiger partial charge in [-0.1, -0.05) is 0 Å². The number of hydrogen-bond acceptors (Lipinski definition) is 5. The molecule has 1 atom stereocenters. The monoisotopic (exact) mass is 408 g/mol. The number of rotatable bonds is 9. The van der Waals surface area contributed by atoms with Gasteiger partial charge in [0.2, 0.25) is 0 Å². The Labute approximate surface area is 172 Å². The Morgan fingerprint density at radius 2 is 2.00 bits per heavy atom. The van der Waals surface area contributed by atoms with E-state index in [0.29, 0.717) is 43.4 Å². The molecular formula is C21H32N2O6. The molecule has 0 aliphatic carbocycles. The van der Waals surface area contributed by atoms with Crippen LogP contribution in [-0.4, -0.2) is 79.5 Å². The van der Waals surface area contributed by atoms with Crippen LogP contribution in [0.4, 0.5) is 4.79 Å². The highest BCUT2D eigenvalue weighted by atomic mass is 16.5. The Kier molecular flexibility index (Phi) is 8.57. The molecular weight excluding hydrogens is 376 g/mol. The van der Waals surface area contributed by atoms with E-state index in [1.807, 2.05) is 13.8 Å². The standard InChI is InChI=1S/C21H32N2O6/c1-15(2)23(17-7-5-10-22(14-17)21(25)26)20(24)16-8-9-18(28-4)19(13-16)29-12-6-11-27-3/h8-9,13,15,17H,5-7,10-12,14H2,1-4H3,(H,25,26)/t17-/m0/s1. The molecule has 0 spiro atoms. The molecule has 1 saturated heterocycles. The number of carboxylic acid groups (broad SMARTS) is 1. The molecule has 2 rings (SSSR count). The van der Waals surface area contributed by atoms with Gasteiger partial charge in [0.25, 0.3) is 5.91 Å². The molecule has 1 fully saturated rings. The van der Waals surface area contributed by atoms with Gasteiger partial charge in [0.1, 0.15) is 0 Å². The second kappa shape index (κ2) is 10.9. The number of hydrogen-bond donors (Lipinski definition) is 1. The third-order valence-electron chi connectivity index (χ3n) is 5.01. The van der Waals surface area contributed by atoms with E-state index >= 15 is 0 Å². The van der Waals surface area contributed by atoms with Gasteiger partial charge in [-0.05, 0) is 44.9 Å². The number of piperidine rings is 1. The maximum atomic E-state index is 13.3. The fourth-order valence-electron chi connectivity index (χ4n) is 3.63. The molecule has 1 aromatic carbocycles. The first-order chi connectivity index (χ1) is 13.9. The van der Waals surface area contributed by atoms with Crippen molar-refractivity contribution in [2.75, 3.05) is 40.5 Å². The van der Waals surface area contributed by atoms with Crippen LogP contribution in [0.25, 0.3) is 0 Å². The summed E-state index contributed by atoms with van der Waals surface area (Å²) < 4.78 is 16.2. The van der Waals surface area contributed by atoms with Crippen LogP contribution >= 0.6 is 0 Å². The van der Waals surface area contributed by atoms with Crippen LogP contribution in [-0.2, 0) is 4.74 Å². The van der Waals surface area contributed by atoms with Crippen molar-refractivity contribution in [1.29, 1.82) is 0 Å². The highest BCUT2D eigenvalue weighted by Crippen LogP contribution is 2.30. The van der Waals surface area contributed by atoms with E-state index in [2.05, 4.69) is 0 Å². The van der Waals surface area contributed by atoms with E-state index in [-0.39, 0.29) is 18.0 Å². The smallest absolute Gasteiger partial charge is 0.407 e. The van der Waals surface area contributed by atoms with Gasteiger partial charge in [-0.25, -0.2) is 4.79 Å². The molecule has 0 saturated carbocycles. The molecule has 0 radical (unpaired) electrons. The van der Waals surface area contributed by atoms with Gasteiger partial charge >= 0.3 is 6.09 Å². The fourth-order valence-corrected chi connectivity index (χ4v) is 3.63. The summed E-state index contributed by atoms with van der Waals surface area (Å²) in [6, 6.07) is 4.93. The van der Waals surface area contributed by atoms with E-state index in [9.17, 15) is 14.7 Å². The Morgan fingerprint density at radius 3 is 2.62 bits per heavy atom. The number of carbonyl (C=O) groups excluding carboxylic acids is 1. The zero-order valence-electron chi connectivity index (χ0n) is 17.7. The summed E-state index contributed by atoms with van der Waals surface area (Å²) in [5.41, 5.74) is 0.494. The molecule has 1 aromatic rings. The number of ether oxygens (including phenoxy) is 3. The van der Waals surface area contributed by atoms with Crippen LogP contribution in [0.2, 0.25) is 0 Å². The lowest BCUT2D eigenvalue weighted by Gasteiger charge is -2.40. The summed E-state index contributed by atoms with van der Waals surface area (Å²) in [6.07, 6.45) is 1.30. The summed E-state index contributed by atoms with van der Waals surface area (Å²) in [5, 5.41) is 9.33. The number of benzene rings is 1. The summed E-state index contributed by atoms with van der Waals surface area (Å²) in [7, 11) is 3.19. The summed E-state index contributed by atoms with van der Waals surface area (Å²) in [5.74, 6) is 0.931. The minimum atomic E-state index is -0.943. The summed E-state index contributed by atoms with van der Waals surface area (Å²) in [6.45, 7) is 5.77. The molecule has 1 aliphatic heterocycles. The lowest BCUT2D eigenvalue weighted by atomic mass is 10.0. The first-order valence-corrected chi connectivity index (χ1v) is 9.99. The Hall–Kier alpha value is -2.48. The highest BCUT2D eigenvalue weighted by Gasteiger charge is 2.32. The molecule has 29 heavy (non-hydrogen) atoms. The Bertz CT molecular complexity index is 694. The van der Waals surface area contributed by atoms with Gasteiger partial charge in [-0.2, -0.15) is 0 Å². The van der Waals surface area contributed by atoms with Crippen LogP contribution in [0.15, 0.2) is 18.2 Å². The van der Waals surface area contributed by atoms with Crippen molar-refractivity contribution in [3.8, 4) is 11.5 Å². The lowest BCUT2D eigenvalue weighted by molar-refractivity contribution is 0.0449. The van der Waals surface area contributed by atoms with Crippen LogP contribution in [0.1, 0.15) is 43.5 Å². The molecule has 0 unspecified atom stereocenters. The zero-order chi connectivity index (χ0) is 21.4. The SMILES string of the molecule is COCCCOc1cc(C(=O)N(C(C)C)[C@H]2CCCN(C(=O)O)C2)ccc1OC. The van der Waals surface area contributed by atoms with Crippen molar-refractivity contribution in [3.63, 3.8) is 0 Å². The molecule has 0 aromatic heterocycles. The van der Waals surface area contributed by atoms with Crippen LogP contribution < -0.4 is 9.47 Å². The van der Waals surface area contributed by atoms with Crippen molar-refractivity contribution in [2.45, 2.75) is 45.2 Å². The fraction of sp³-hybridized carbons (Fsp3) is 0.619. The van der Waals surface area contributed by atoms with Crippen molar-refractivity contribution in [1.82, 2.24) is 9.80 Å². The van der Waals surface area contributed by atoms with Gasteiger partial charge < -0.3 is 29.1 Å². The van der Waals surface area contributed by atoms with E-state index in [4.69, 9.17) is 14.2 Å². The lowest BCUT2D eigenvalue weighted by Crippen LogP contribution is -2.53. The molecule has 1 aliphatic rings. The first kappa shape index (κ1) is 22.8.